The lowest BCUT2D eigenvalue weighted by molar-refractivity contribution is -0.138. The summed E-state index contributed by atoms with van der Waals surface area (Å²) in [6, 6.07) is 1.22. The van der Waals surface area contributed by atoms with Gasteiger partial charge >= 0.3 is 11.9 Å². The Labute approximate surface area is 120 Å². The first-order valence-corrected chi connectivity index (χ1v) is 6.26. The number of rotatable bonds is 7. The molecule has 1 rings (SSSR count). The standard InChI is InChI=1S/C13H18N2O6/c1-8-5-10(16)13(21)9(6-14(2)7-12(19)20)15(8)4-3-11(17)18/h5,21H,3-4,6-7H2,1-2H3,(H,17,18)(H,19,20). The molecule has 0 aliphatic heterocycles. The van der Waals surface area contributed by atoms with Crippen molar-refractivity contribution in [3.8, 4) is 5.75 Å². The first-order chi connectivity index (χ1) is 9.72. The van der Waals surface area contributed by atoms with Crippen molar-refractivity contribution in [3.63, 3.8) is 0 Å². The monoisotopic (exact) mass is 298 g/mol. The van der Waals surface area contributed by atoms with Gasteiger partial charge in [-0.15, -0.1) is 0 Å². The van der Waals surface area contributed by atoms with Crippen LogP contribution in [0.25, 0.3) is 0 Å². The largest absolute Gasteiger partial charge is 0.503 e. The van der Waals surface area contributed by atoms with Crippen molar-refractivity contribution in [3.05, 3.63) is 27.7 Å². The quantitative estimate of drug-likeness (QED) is 0.640. The maximum absolute atomic E-state index is 11.6. The number of aliphatic carboxylic acids is 2. The van der Waals surface area contributed by atoms with Crippen LogP contribution in [0.3, 0.4) is 0 Å². The zero-order valence-electron chi connectivity index (χ0n) is 11.9. The molecule has 21 heavy (non-hydrogen) atoms. The van der Waals surface area contributed by atoms with E-state index in [2.05, 4.69) is 0 Å². The third-order valence-corrected chi connectivity index (χ3v) is 2.97. The van der Waals surface area contributed by atoms with Gasteiger partial charge in [-0.2, -0.15) is 0 Å². The van der Waals surface area contributed by atoms with Crippen molar-refractivity contribution < 1.29 is 24.9 Å². The number of pyridine rings is 1. The maximum Gasteiger partial charge on any atom is 0.317 e. The topological polar surface area (TPSA) is 120 Å². The highest BCUT2D eigenvalue weighted by atomic mass is 16.4. The molecule has 8 heteroatoms. The molecule has 0 unspecified atom stereocenters. The van der Waals surface area contributed by atoms with Gasteiger partial charge in [0, 0.05) is 24.8 Å². The van der Waals surface area contributed by atoms with Crippen LogP contribution in [0.2, 0.25) is 0 Å². The number of carboxylic acid groups (broad SMARTS) is 2. The molecule has 1 aromatic heterocycles. The van der Waals surface area contributed by atoms with Gasteiger partial charge in [-0.25, -0.2) is 0 Å². The van der Waals surface area contributed by atoms with E-state index in [9.17, 15) is 19.5 Å². The first-order valence-electron chi connectivity index (χ1n) is 6.26. The van der Waals surface area contributed by atoms with Gasteiger partial charge in [-0.3, -0.25) is 19.3 Å². The predicted molar refractivity (Wildman–Crippen MR) is 73.3 cm³/mol. The number of nitrogens with zero attached hydrogens (tertiary/aromatic N) is 2. The summed E-state index contributed by atoms with van der Waals surface area (Å²) in [5.74, 6) is -2.52. The second-order valence-electron chi connectivity index (χ2n) is 4.81. The van der Waals surface area contributed by atoms with Gasteiger partial charge < -0.3 is 19.9 Å². The average Bonchev–Trinajstić information content (AvgIpc) is 2.33. The second kappa shape index (κ2) is 6.89. The molecule has 0 fully saturated rings. The predicted octanol–water partition coefficient (Wildman–Crippen LogP) is -0.147. The lowest BCUT2D eigenvalue weighted by Crippen LogP contribution is -2.28. The van der Waals surface area contributed by atoms with Crippen molar-refractivity contribution in [1.29, 1.82) is 0 Å². The van der Waals surface area contributed by atoms with Gasteiger partial charge in [0.2, 0.25) is 5.43 Å². The van der Waals surface area contributed by atoms with Crippen molar-refractivity contribution in [2.24, 2.45) is 0 Å². The van der Waals surface area contributed by atoms with Gasteiger partial charge in [-0.1, -0.05) is 0 Å². The van der Waals surface area contributed by atoms with Crippen molar-refractivity contribution in [2.75, 3.05) is 13.6 Å². The molecule has 0 saturated carbocycles. The first kappa shape index (κ1) is 16.7. The summed E-state index contributed by atoms with van der Waals surface area (Å²) in [6.07, 6.45) is -0.168. The van der Waals surface area contributed by atoms with Crippen LogP contribution in [0, 0.1) is 6.92 Å². The van der Waals surface area contributed by atoms with E-state index in [0.29, 0.717) is 5.69 Å². The Morgan fingerprint density at radius 1 is 1.29 bits per heavy atom. The molecule has 0 amide bonds. The van der Waals surface area contributed by atoms with Gasteiger partial charge in [0.25, 0.3) is 0 Å². The lowest BCUT2D eigenvalue weighted by Gasteiger charge is -2.21. The molecule has 1 heterocycles. The van der Waals surface area contributed by atoms with Gasteiger partial charge in [0.1, 0.15) is 0 Å². The molecular formula is C13H18N2O6. The zero-order chi connectivity index (χ0) is 16.2. The third kappa shape index (κ3) is 4.60. The molecule has 0 atom stereocenters. The van der Waals surface area contributed by atoms with E-state index in [4.69, 9.17) is 10.2 Å². The van der Waals surface area contributed by atoms with Gasteiger partial charge in [0.15, 0.2) is 5.75 Å². The molecule has 0 bridgehead atoms. The van der Waals surface area contributed by atoms with Crippen LogP contribution in [0.1, 0.15) is 17.8 Å². The summed E-state index contributed by atoms with van der Waals surface area (Å²) in [7, 11) is 1.53. The minimum atomic E-state index is -1.04. The molecule has 0 aliphatic rings. The fraction of sp³-hybridized carbons (Fsp3) is 0.462. The number of carbonyl (C=O) groups is 2. The van der Waals surface area contributed by atoms with E-state index < -0.39 is 23.1 Å². The zero-order valence-corrected chi connectivity index (χ0v) is 11.9. The van der Waals surface area contributed by atoms with Crippen LogP contribution in [-0.4, -0.2) is 50.3 Å². The molecule has 1 aromatic rings. The fourth-order valence-electron chi connectivity index (χ4n) is 2.04. The summed E-state index contributed by atoms with van der Waals surface area (Å²) in [5.41, 5.74) is 0.153. The molecule has 0 saturated heterocycles. The van der Waals surface area contributed by atoms with Crippen molar-refractivity contribution in [2.45, 2.75) is 26.4 Å². The number of aryl methyl sites for hydroxylation is 1. The third-order valence-electron chi connectivity index (χ3n) is 2.97. The normalized spacial score (nSPS) is 10.8. The number of hydrogen-bond acceptors (Lipinski definition) is 5. The van der Waals surface area contributed by atoms with Gasteiger partial charge in [0.05, 0.1) is 18.7 Å². The van der Waals surface area contributed by atoms with E-state index >= 15 is 0 Å². The Morgan fingerprint density at radius 2 is 1.90 bits per heavy atom. The van der Waals surface area contributed by atoms with Crippen LogP contribution >= 0.6 is 0 Å². The lowest BCUT2D eigenvalue weighted by atomic mass is 10.2. The van der Waals surface area contributed by atoms with E-state index in [1.807, 2.05) is 0 Å². The Hall–Kier alpha value is -2.35. The van der Waals surface area contributed by atoms with Crippen LogP contribution in [0.5, 0.6) is 5.75 Å². The number of likely N-dealkylation sites (N-methyl/N-ethyl adjacent to an activating group) is 1. The maximum atomic E-state index is 11.6. The molecule has 0 radical (unpaired) electrons. The second-order valence-corrected chi connectivity index (χ2v) is 4.81. The smallest absolute Gasteiger partial charge is 0.317 e. The Bertz CT molecular complexity index is 607. The summed E-state index contributed by atoms with van der Waals surface area (Å²) < 4.78 is 1.52. The van der Waals surface area contributed by atoms with Crippen molar-refractivity contribution in [1.82, 2.24) is 9.47 Å². The highest BCUT2D eigenvalue weighted by Gasteiger charge is 2.16. The van der Waals surface area contributed by atoms with Crippen LogP contribution < -0.4 is 5.43 Å². The molecular weight excluding hydrogens is 280 g/mol. The summed E-state index contributed by atoms with van der Waals surface area (Å²) >= 11 is 0. The van der Waals surface area contributed by atoms with Crippen LogP contribution in [-0.2, 0) is 22.7 Å². The molecule has 116 valence electrons. The van der Waals surface area contributed by atoms with Crippen LogP contribution in [0.15, 0.2) is 10.9 Å². The summed E-state index contributed by atoms with van der Waals surface area (Å²) in [6.45, 7) is 1.48. The SMILES string of the molecule is Cc1cc(=O)c(O)c(CN(C)CC(=O)O)n1CCC(=O)O. The minimum Gasteiger partial charge on any atom is -0.503 e. The number of hydrogen-bond donors (Lipinski definition) is 3. The molecule has 0 aliphatic carbocycles. The van der Waals surface area contributed by atoms with E-state index in [0.717, 1.165) is 0 Å². The molecule has 8 nitrogen and oxygen atoms in total. The molecule has 3 N–H and O–H groups in total. The Kier molecular flexibility index (Phi) is 5.48. The molecule has 0 spiro atoms. The minimum absolute atomic E-state index is 0.0225. The van der Waals surface area contributed by atoms with Gasteiger partial charge in [-0.05, 0) is 14.0 Å². The van der Waals surface area contributed by atoms with Crippen molar-refractivity contribution >= 4 is 11.9 Å². The van der Waals surface area contributed by atoms with Crippen LogP contribution in [0.4, 0.5) is 0 Å². The van der Waals surface area contributed by atoms with E-state index in [1.54, 1.807) is 6.92 Å². The molecule has 0 aromatic carbocycles. The highest BCUT2D eigenvalue weighted by molar-refractivity contribution is 5.69. The number of aromatic hydroxyl groups is 1. The van der Waals surface area contributed by atoms with E-state index in [1.165, 1.54) is 22.6 Å². The Balaban J connectivity index is 3.16. The van der Waals surface area contributed by atoms with E-state index in [-0.39, 0.29) is 31.7 Å². The fourth-order valence-corrected chi connectivity index (χ4v) is 2.04. The number of aromatic nitrogens is 1. The Morgan fingerprint density at radius 3 is 2.43 bits per heavy atom. The average molecular weight is 298 g/mol. The highest BCUT2D eigenvalue weighted by Crippen LogP contribution is 2.17. The summed E-state index contributed by atoms with van der Waals surface area (Å²) in [5, 5.41) is 27.4. The summed E-state index contributed by atoms with van der Waals surface area (Å²) in [4.78, 5) is 34.4. The number of carboxylic acids is 2.